The fourth-order valence-electron chi connectivity index (χ4n) is 1.32. The van der Waals surface area contributed by atoms with Crippen molar-refractivity contribution in [1.29, 1.82) is 0 Å². The van der Waals surface area contributed by atoms with E-state index >= 15 is 0 Å². The van der Waals surface area contributed by atoms with Crippen LogP contribution in [0.3, 0.4) is 0 Å². The highest BCUT2D eigenvalue weighted by atomic mass is 32.1. The van der Waals surface area contributed by atoms with Gasteiger partial charge < -0.3 is 19.5 Å². The van der Waals surface area contributed by atoms with E-state index < -0.39 is 11.9 Å². The minimum atomic E-state index is -0.729. The lowest BCUT2D eigenvalue weighted by molar-refractivity contribution is -0.146. The van der Waals surface area contributed by atoms with E-state index in [0.717, 1.165) is 0 Å². The molecule has 0 saturated heterocycles. The monoisotopic (exact) mass is 299 g/mol. The first-order valence-electron chi connectivity index (χ1n) is 6.05. The van der Waals surface area contributed by atoms with Crippen LogP contribution in [0.15, 0.2) is 22.5 Å². The lowest BCUT2D eigenvalue weighted by atomic mass is 10.3. The third kappa shape index (κ3) is 4.27. The highest BCUT2D eigenvalue weighted by Crippen LogP contribution is 2.28. The van der Waals surface area contributed by atoms with E-state index in [9.17, 15) is 9.59 Å². The summed E-state index contributed by atoms with van der Waals surface area (Å²) < 4.78 is 14.8. The van der Waals surface area contributed by atoms with Gasteiger partial charge in [0, 0.05) is 17.0 Å². The number of carbonyl (C=O) groups is 2. The molecule has 110 valence electrons. The zero-order valence-electron chi connectivity index (χ0n) is 11.6. The summed E-state index contributed by atoms with van der Waals surface area (Å²) in [6, 6.07) is 0. The van der Waals surface area contributed by atoms with Crippen LogP contribution in [-0.4, -0.2) is 32.3 Å². The van der Waals surface area contributed by atoms with Crippen LogP contribution >= 0.6 is 11.3 Å². The smallest absolute Gasteiger partial charge is 0.347 e. The standard InChI is InChI=1S/C13H17NO5S/c1-4-18-12(15)9(13(16)19-5-2)6-14-10-7-20-8-11(10)17-3/h6-8,14H,4-5H2,1-3H3. The number of carbonyl (C=O) groups excluding carboxylic acids is 2. The Morgan fingerprint density at radius 3 is 2.30 bits per heavy atom. The van der Waals surface area contributed by atoms with Crippen LogP contribution in [0.5, 0.6) is 5.75 Å². The maximum Gasteiger partial charge on any atom is 0.347 e. The van der Waals surface area contributed by atoms with Gasteiger partial charge in [0.2, 0.25) is 0 Å². The Kier molecular flexibility index (Phi) is 6.58. The van der Waals surface area contributed by atoms with Crippen molar-refractivity contribution >= 4 is 29.0 Å². The van der Waals surface area contributed by atoms with Crippen molar-refractivity contribution in [2.24, 2.45) is 0 Å². The lowest BCUT2D eigenvalue weighted by Crippen LogP contribution is -2.19. The first-order valence-corrected chi connectivity index (χ1v) is 6.99. The van der Waals surface area contributed by atoms with Gasteiger partial charge in [0.05, 0.1) is 26.0 Å². The molecular formula is C13H17NO5S. The average molecular weight is 299 g/mol. The second-order valence-corrected chi connectivity index (χ2v) is 4.24. The summed E-state index contributed by atoms with van der Waals surface area (Å²) in [4.78, 5) is 23.4. The first-order chi connectivity index (χ1) is 9.63. The summed E-state index contributed by atoms with van der Waals surface area (Å²) in [6.07, 6.45) is 1.26. The number of thiophene rings is 1. The third-order valence-electron chi connectivity index (χ3n) is 2.21. The maximum absolute atomic E-state index is 11.7. The Morgan fingerprint density at radius 2 is 1.80 bits per heavy atom. The molecule has 0 unspecified atom stereocenters. The van der Waals surface area contributed by atoms with Crippen LogP contribution in [0.25, 0.3) is 0 Å². The van der Waals surface area contributed by atoms with Crippen LogP contribution in [0.4, 0.5) is 5.69 Å². The normalized spacial score (nSPS) is 9.55. The van der Waals surface area contributed by atoms with Gasteiger partial charge in [-0.05, 0) is 13.8 Å². The number of nitrogens with one attached hydrogen (secondary N) is 1. The van der Waals surface area contributed by atoms with Crippen molar-refractivity contribution in [3.63, 3.8) is 0 Å². The van der Waals surface area contributed by atoms with Gasteiger partial charge in [-0.3, -0.25) is 0 Å². The molecule has 1 aromatic heterocycles. The molecule has 0 bridgehead atoms. The molecule has 6 nitrogen and oxygen atoms in total. The van der Waals surface area contributed by atoms with Crippen LogP contribution in [0.1, 0.15) is 13.8 Å². The minimum Gasteiger partial charge on any atom is -0.494 e. The number of ether oxygens (including phenoxy) is 3. The predicted octanol–water partition coefficient (Wildman–Crippen LogP) is 2.18. The number of hydrogen-bond acceptors (Lipinski definition) is 7. The highest BCUT2D eigenvalue weighted by molar-refractivity contribution is 7.08. The van der Waals surface area contributed by atoms with E-state index in [-0.39, 0.29) is 18.8 Å². The van der Waals surface area contributed by atoms with Crippen LogP contribution < -0.4 is 10.1 Å². The van der Waals surface area contributed by atoms with Gasteiger partial charge in [-0.1, -0.05) is 0 Å². The van der Waals surface area contributed by atoms with Crippen molar-refractivity contribution in [2.75, 3.05) is 25.6 Å². The highest BCUT2D eigenvalue weighted by Gasteiger charge is 2.21. The molecule has 7 heteroatoms. The molecule has 0 amide bonds. The molecule has 20 heavy (non-hydrogen) atoms. The summed E-state index contributed by atoms with van der Waals surface area (Å²) in [7, 11) is 1.54. The third-order valence-corrected chi connectivity index (χ3v) is 2.93. The Labute approximate surface area is 121 Å². The molecule has 0 aromatic carbocycles. The predicted molar refractivity (Wildman–Crippen MR) is 75.8 cm³/mol. The number of esters is 2. The van der Waals surface area contributed by atoms with E-state index in [1.54, 1.807) is 24.6 Å². The summed E-state index contributed by atoms with van der Waals surface area (Å²) >= 11 is 1.43. The number of hydrogen-bond donors (Lipinski definition) is 1. The second kappa shape index (κ2) is 8.21. The van der Waals surface area contributed by atoms with Crippen molar-refractivity contribution in [2.45, 2.75) is 13.8 Å². The molecule has 1 rings (SSSR count). The van der Waals surface area contributed by atoms with Gasteiger partial charge in [-0.25, -0.2) is 9.59 Å². The largest absolute Gasteiger partial charge is 0.494 e. The molecule has 0 fully saturated rings. The van der Waals surface area contributed by atoms with Gasteiger partial charge in [-0.2, -0.15) is 0 Å². The van der Waals surface area contributed by atoms with E-state index in [4.69, 9.17) is 14.2 Å². The zero-order chi connectivity index (χ0) is 15.0. The van der Waals surface area contributed by atoms with E-state index in [1.807, 2.05) is 0 Å². The van der Waals surface area contributed by atoms with Gasteiger partial charge in [0.25, 0.3) is 0 Å². The summed E-state index contributed by atoms with van der Waals surface area (Å²) in [6.45, 7) is 3.68. The van der Waals surface area contributed by atoms with E-state index in [0.29, 0.717) is 11.4 Å². The quantitative estimate of drug-likeness (QED) is 0.360. The molecule has 1 heterocycles. The van der Waals surface area contributed by atoms with Crippen molar-refractivity contribution in [3.8, 4) is 5.75 Å². The molecule has 0 saturated carbocycles. The summed E-state index contributed by atoms with van der Waals surface area (Å²) in [5.41, 5.74) is 0.463. The second-order valence-electron chi connectivity index (χ2n) is 3.50. The number of rotatable bonds is 7. The Balaban J connectivity index is 2.89. The lowest BCUT2D eigenvalue weighted by Gasteiger charge is -2.07. The number of methoxy groups -OCH3 is 1. The maximum atomic E-state index is 11.7. The molecule has 1 aromatic rings. The first kappa shape index (κ1) is 16.0. The molecule has 0 radical (unpaired) electrons. The Hall–Kier alpha value is -2.02. The van der Waals surface area contributed by atoms with Gasteiger partial charge >= 0.3 is 11.9 Å². The molecule has 0 aliphatic rings. The van der Waals surface area contributed by atoms with Crippen molar-refractivity contribution in [1.82, 2.24) is 0 Å². The van der Waals surface area contributed by atoms with Crippen LogP contribution in [0.2, 0.25) is 0 Å². The molecule has 0 atom stereocenters. The van der Waals surface area contributed by atoms with Crippen LogP contribution in [-0.2, 0) is 19.1 Å². The van der Waals surface area contributed by atoms with E-state index in [1.165, 1.54) is 24.6 Å². The summed E-state index contributed by atoms with van der Waals surface area (Å²) in [5.74, 6) is -0.835. The molecular weight excluding hydrogens is 282 g/mol. The SMILES string of the molecule is CCOC(=O)C(=CNc1cscc1OC)C(=O)OCC. The molecule has 1 N–H and O–H groups in total. The van der Waals surface area contributed by atoms with E-state index in [2.05, 4.69) is 5.32 Å². The van der Waals surface area contributed by atoms with Gasteiger partial charge in [-0.15, -0.1) is 11.3 Å². The fourth-order valence-corrected chi connectivity index (χ4v) is 2.05. The Bertz CT molecular complexity index is 475. The average Bonchev–Trinajstić information content (AvgIpc) is 2.87. The molecule has 0 aliphatic heterocycles. The van der Waals surface area contributed by atoms with Crippen molar-refractivity contribution in [3.05, 3.63) is 22.5 Å². The zero-order valence-corrected chi connectivity index (χ0v) is 12.4. The van der Waals surface area contributed by atoms with Crippen molar-refractivity contribution < 1.29 is 23.8 Å². The topological polar surface area (TPSA) is 73.9 Å². The molecule has 0 aliphatic carbocycles. The Morgan fingerprint density at radius 1 is 1.20 bits per heavy atom. The van der Waals surface area contributed by atoms with Gasteiger partial charge in [0.15, 0.2) is 11.3 Å². The summed E-state index contributed by atoms with van der Waals surface area (Å²) in [5, 5.41) is 6.44. The van der Waals surface area contributed by atoms with Crippen LogP contribution in [0, 0.1) is 0 Å². The fraction of sp³-hybridized carbons (Fsp3) is 0.385. The van der Waals surface area contributed by atoms with Gasteiger partial charge in [0.1, 0.15) is 0 Å². The molecule has 0 spiro atoms. The minimum absolute atomic E-state index is 0.178. The number of anilines is 1.